The van der Waals surface area contributed by atoms with Gasteiger partial charge in [0.2, 0.25) is 0 Å². The third-order valence-corrected chi connectivity index (χ3v) is 2.45. The molecule has 15 heavy (non-hydrogen) atoms. The van der Waals surface area contributed by atoms with Gasteiger partial charge in [-0.25, -0.2) is 0 Å². The first-order valence-corrected chi connectivity index (χ1v) is 5.20. The Morgan fingerprint density at radius 3 is 2.00 bits per heavy atom. The second-order valence-electron chi connectivity index (χ2n) is 3.37. The molecule has 0 unspecified atom stereocenters. The van der Waals surface area contributed by atoms with E-state index < -0.39 is 0 Å². The molecular formula is C12H19NO2. The lowest BCUT2D eigenvalue weighted by atomic mass is 10.0. The fourth-order valence-corrected chi connectivity index (χ4v) is 1.70. The van der Waals surface area contributed by atoms with E-state index in [1.54, 1.807) is 14.2 Å². The van der Waals surface area contributed by atoms with E-state index in [1.807, 2.05) is 12.1 Å². The third kappa shape index (κ3) is 2.63. The number of hydrogen-bond donors (Lipinski definition) is 1. The van der Waals surface area contributed by atoms with Gasteiger partial charge in [0.1, 0.15) is 11.5 Å². The van der Waals surface area contributed by atoms with Crippen molar-refractivity contribution in [1.82, 2.24) is 0 Å². The van der Waals surface area contributed by atoms with Crippen LogP contribution < -0.4 is 15.2 Å². The van der Waals surface area contributed by atoms with E-state index in [9.17, 15) is 0 Å². The molecule has 1 aromatic rings. The molecule has 2 N–H and O–H groups in total. The van der Waals surface area contributed by atoms with Gasteiger partial charge in [0.25, 0.3) is 0 Å². The standard InChI is InChI=1S/C12H19NO2/c1-4-10-11(14-2)7-9(5-6-13)8-12(10)15-3/h7-8H,4-6,13H2,1-3H3. The van der Waals surface area contributed by atoms with Crippen LogP contribution in [-0.4, -0.2) is 20.8 Å². The highest BCUT2D eigenvalue weighted by molar-refractivity contribution is 5.48. The van der Waals surface area contributed by atoms with Crippen LogP contribution >= 0.6 is 0 Å². The first kappa shape index (κ1) is 11.9. The number of benzene rings is 1. The summed E-state index contributed by atoms with van der Waals surface area (Å²) in [4.78, 5) is 0. The summed E-state index contributed by atoms with van der Waals surface area (Å²) in [5, 5.41) is 0. The van der Waals surface area contributed by atoms with E-state index in [0.29, 0.717) is 6.54 Å². The van der Waals surface area contributed by atoms with Crippen molar-refractivity contribution < 1.29 is 9.47 Å². The lowest BCUT2D eigenvalue weighted by Gasteiger charge is -2.13. The fraction of sp³-hybridized carbons (Fsp3) is 0.500. The molecule has 0 saturated heterocycles. The summed E-state index contributed by atoms with van der Waals surface area (Å²) in [7, 11) is 3.36. The van der Waals surface area contributed by atoms with Crippen LogP contribution in [0.15, 0.2) is 12.1 Å². The van der Waals surface area contributed by atoms with E-state index in [2.05, 4.69) is 6.92 Å². The van der Waals surface area contributed by atoms with Gasteiger partial charge < -0.3 is 15.2 Å². The fourth-order valence-electron chi connectivity index (χ4n) is 1.70. The van der Waals surface area contributed by atoms with Gasteiger partial charge in [-0.1, -0.05) is 6.92 Å². The van der Waals surface area contributed by atoms with Gasteiger partial charge in [0.15, 0.2) is 0 Å². The maximum absolute atomic E-state index is 5.53. The first-order valence-electron chi connectivity index (χ1n) is 5.20. The van der Waals surface area contributed by atoms with Crippen LogP contribution in [0.25, 0.3) is 0 Å². The molecule has 3 nitrogen and oxygen atoms in total. The van der Waals surface area contributed by atoms with E-state index in [1.165, 1.54) is 0 Å². The third-order valence-electron chi connectivity index (χ3n) is 2.45. The normalized spacial score (nSPS) is 10.1. The van der Waals surface area contributed by atoms with Crippen molar-refractivity contribution in [2.45, 2.75) is 19.8 Å². The molecule has 0 atom stereocenters. The highest BCUT2D eigenvalue weighted by atomic mass is 16.5. The molecular weight excluding hydrogens is 190 g/mol. The Hall–Kier alpha value is -1.22. The monoisotopic (exact) mass is 209 g/mol. The molecule has 0 bridgehead atoms. The second-order valence-corrected chi connectivity index (χ2v) is 3.37. The lowest BCUT2D eigenvalue weighted by molar-refractivity contribution is 0.385. The number of nitrogens with two attached hydrogens (primary N) is 1. The molecule has 0 aliphatic heterocycles. The van der Waals surface area contributed by atoms with Crippen LogP contribution in [0.2, 0.25) is 0 Å². The molecule has 0 saturated carbocycles. The summed E-state index contributed by atoms with van der Waals surface area (Å²) in [6, 6.07) is 4.07. The molecule has 0 aromatic heterocycles. The van der Waals surface area contributed by atoms with Gasteiger partial charge in [-0.15, -0.1) is 0 Å². The molecule has 0 aliphatic carbocycles. The van der Waals surface area contributed by atoms with Crippen molar-refractivity contribution in [1.29, 1.82) is 0 Å². The Morgan fingerprint density at radius 2 is 1.67 bits per heavy atom. The van der Waals surface area contributed by atoms with E-state index in [4.69, 9.17) is 15.2 Å². The predicted octanol–water partition coefficient (Wildman–Crippen LogP) is 1.77. The largest absolute Gasteiger partial charge is 0.496 e. The van der Waals surface area contributed by atoms with Crippen molar-refractivity contribution >= 4 is 0 Å². The van der Waals surface area contributed by atoms with Gasteiger partial charge in [0, 0.05) is 5.56 Å². The van der Waals surface area contributed by atoms with Crippen molar-refractivity contribution in [2.24, 2.45) is 5.73 Å². The smallest absolute Gasteiger partial charge is 0.126 e. The number of hydrogen-bond acceptors (Lipinski definition) is 3. The summed E-state index contributed by atoms with van der Waals surface area (Å²) in [5.41, 5.74) is 7.80. The minimum atomic E-state index is 0.637. The minimum absolute atomic E-state index is 0.637. The topological polar surface area (TPSA) is 44.5 Å². The highest BCUT2D eigenvalue weighted by Gasteiger charge is 2.10. The van der Waals surface area contributed by atoms with Crippen LogP contribution in [0.4, 0.5) is 0 Å². The molecule has 84 valence electrons. The van der Waals surface area contributed by atoms with Gasteiger partial charge in [-0.3, -0.25) is 0 Å². The van der Waals surface area contributed by atoms with Gasteiger partial charge >= 0.3 is 0 Å². The molecule has 1 rings (SSSR count). The molecule has 1 aromatic carbocycles. The maximum Gasteiger partial charge on any atom is 0.126 e. The van der Waals surface area contributed by atoms with Crippen molar-refractivity contribution in [2.75, 3.05) is 20.8 Å². The van der Waals surface area contributed by atoms with Gasteiger partial charge in [-0.05, 0) is 37.1 Å². The molecule has 0 spiro atoms. The van der Waals surface area contributed by atoms with Crippen LogP contribution in [0, 0.1) is 0 Å². The summed E-state index contributed by atoms with van der Waals surface area (Å²) in [5.74, 6) is 1.78. The average molecular weight is 209 g/mol. The lowest BCUT2D eigenvalue weighted by Crippen LogP contribution is -2.04. The molecule has 3 heteroatoms. The van der Waals surface area contributed by atoms with Crippen LogP contribution in [0.3, 0.4) is 0 Å². The number of rotatable bonds is 5. The first-order chi connectivity index (χ1) is 7.26. The summed E-state index contributed by atoms with van der Waals surface area (Å²) < 4.78 is 10.7. The highest BCUT2D eigenvalue weighted by Crippen LogP contribution is 2.30. The zero-order chi connectivity index (χ0) is 11.3. The van der Waals surface area contributed by atoms with Crippen LogP contribution in [0.1, 0.15) is 18.1 Å². The summed E-state index contributed by atoms with van der Waals surface area (Å²) in [6.45, 7) is 2.72. The SMILES string of the molecule is CCc1c(OC)cc(CCN)cc1OC. The Labute approximate surface area is 91.2 Å². The van der Waals surface area contributed by atoms with Crippen LogP contribution in [-0.2, 0) is 12.8 Å². The Balaban J connectivity index is 3.16. The van der Waals surface area contributed by atoms with Gasteiger partial charge in [0.05, 0.1) is 14.2 Å². The minimum Gasteiger partial charge on any atom is -0.496 e. The summed E-state index contributed by atoms with van der Waals surface area (Å²) >= 11 is 0. The zero-order valence-electron chi connectivity index (χ0n) is 9.67. The number of ether oxygens (including phenoxy) is 2. The number of methoxy groups -OCH3 is 2. The molecule has 0 radical (unpaired) electrons. The quantitative estimate of drug-likeness (QED) is 0.803. The Kier molecular flexibility index (Phi) is 4.43. The summed E-state index contributed by atoms with van der Waals surface area (Å²) in [6.07, 6.45) is 1.74. The molecule has 0 aliphatic rings. The van der Waals surface area contributed by atoms with Crippen molar-refractivity contribution in [3.8, 4) is 11.5 Å². The molecule has 0 fully saturated rings. The zero-order valence-corrected chi connectivity index (χ0v) is 9.67. The van der Waals surface area contributed by atoms with Crippen molar-refractivity contribution in [3.05, 3.63) is 23.3 Å². The van der Waals surface area contributed by atoms with E-state index in [-0.39, 0.29) is 0 Å². The van der Waals surface area contributed by atoms with Crippen LogP contribution in [0.5, 0.6) is 11.5 Å². The Morgan fingerprint density at radius 1 is 1.13 bits per heavy atom. The van der Waals surface area contributed by atoms with E-state index >= 15 is 0 Å². The molecule has 0 amide bonds. The van der Waals surface area contributed by atoms with Gasteiger partial charge in [-0.2, -0.15) is 0 Å². The van der Waals surface area contributed by atoms with E-state index in [0.717, 1.165) is 35.5 Å². The second kappa shape index (κ2) is 5.61. The maximum atomic E-state index is 5.53. The predicted molar refractivity (Wildman–Crippen MR) is 61.7 cm³/mol. The Bertz CT molecular complexity index is 298. The molecule has 0 heterocycles. The average Bonchev–Trinajstić information content (AvgIpc) is 2.28. The van der Waals surface area contributed by atoms with Crippen molar-refractivity contribution in [3.63, 3.8) is 0 Å².